The Morgan fingerprint density at radius 3 is 2.57 bits per heavy atom. The summed E-state index contributed by atoms with van der Waals surface area (Å²) in [7, 11) is -0.999. The van der Waals surface area contributed by atoms with E-state index in [-0.39, 0.29) is 0 Å². The van der Waals surface area contributed by atoms with Gasteiger partial charge < -0.3 is 0 Å². The Hall–Kier alpha value is -0.650. The molecule has 0 aliphatic carbocycles. The Morgan fingerprint density at radius 2 is 2.43 bits per heavy atom. The molecule has 0 radical (unpaired) electrons. The molecule has 1 atom stereocenters. The van der Waals surface area contributed by atoms with Crippen molar-refractivity contribution in [2.45, 2.75) is 0 Å². The highest BCUT2D eigenvalue weighted by Crippen LogP contribution is 2.19. The van der Waals surface area contributed by atoms with E-state index in [0.29, 0.717) is 0 Å². The maximum absolute atomic E-state index is 9.89. The van der Waals surface area contributed by atoms with Crippen molar-refractivity contribution in [3.05, 3.63) is 0 Å². The maximum Gasteiger partial charge on any atom is 0.761 e. The van der Waals surface area contributed by atoms with Crippen molar-refractivity contribution in [3.8, 4) is 6.26 Å². The minimum Gasteiger partial charge on any atom is -0.145 e. The molecule has 0 aromatic carbocycles. The van der Waals surface area contributed by atoms with Crippen molar-refractivity contribution < 1.29 is 13.6 Å². The molecule has 38 valence electrons. The molecular weight excluding hydrogens is 117 g/mol. The van der Waals surface area contributed by atoms with Crippen LogP contribution in [0.2, 0.25) is 0 Å². The zero-order valence-corrected chi connectivity index (χ0v) is 4.51. The minimum atomic E-state index is -2.19. The average molecular weight is 120 g/mol. The Labute approximate surface area is 41.6 Å². The molecule has 0 fully saturated rings. The van der Waals surface area contributed by atoms with Gasteiger partial charge in [-0.25, -0.2) is 0 Å². The van der Waals surface area contributed by atoms with E-state index in [1.165, 1.54) is 13.4 Å². The molecule has 5 heteroatoms. The molecule has 1 unspecified atom stereocenters. The lowest BCUT2D eigenvalue weighted by Gasteiger charge is -1.65. The first-order valence-electron chi connectivity index (χ1n) is 1.38. The second-order valence-electron chi connectivity index (χ2n) is 0.589. The highest BCUT2D eigenvalue weighted by molar-refractivity contribution is 7.33. The third kappa shape index (κ3) is 3.17. The molecule has 0 saturated carbocycles. The molecule has 0 heterocycles. The fraction of sp³-hybridized carbons (Fsp3) is 0.500. The molecule has 0 aliphatic heterocycles. The monoisotopic (exact) mass is 120 g/mol. The third-order valence-electron chi connectivity index (χ3n) is 0.264. The van der Waals surface area contributed by atoms with E-state index in [0.717, 1.165) is 0 Å². The average Bonchev–Trinajstić information content (AvgIpc) is 1.68. The van der Waals surface area contributed by atoms with Gasteiger partial charge in [0.15, 0.2) is 0 Å². The number of hydrogen-bond donors (Lipinski definition) is 0. The van der Waals surface area contributed by atoms with Crippen LogP contribution in [0.1, 0.15) is 0 Å². The quantitative estimate of drug-likeness (QED) is 0.399. The summed E-state index contributed by atoms with van der Waals surface area (Å²) in [5.74, 6) is 0. The van der Waals surface area contributed by atoms with Crippen LogP contribution in [0.15, 0.2) is 0 Å². The maximum atomic E-state index is 9.89. The summed E-state index contributed by atoms with van der Waals surface area (Å²) in [5, 5.41) is 7.63. The first-order chi connectivity index (χ1) is 3.31. The van der Waals surface area contributed by atoms with Gasteiger partial charge in [-0.15, -0.1) is 14.3 Å². The molecule has 0 aliphatic rings. The predicted octanol–water partition coefficient (Wildman–Crippen LogP) is 0.788. The largest absolute Gasteiger partial charge is 0.761 e. The smallest absolute Gasteiger partial charge is 0.145 e. The van der Waals surface area contributed by atoms with Gasteiger partial charge in [0.05, 0.1) is 7.11 Å². The third-order valence-corrected chi connectivity index (χ3v) is 0.793. The van der Waals surface area contributed by atoms with Gasteiger partial charge >= 0.3 is 14.5 Å². The normalized spacial score (nSPS) is 9.43. The molecule has 0 N–H and O–H groups in total. The Kier molecular flexibility index (Phi) is 3.21. The number of nitrogens with zero attached hydrogens (tertiary/aromatic N) is 1. The molecule has 0 amide bonds. The predicted molar refractivity (Wildman–Crippen MR) is 21.3 cm³/mol. The Bertz CT molecular complexity index is 106. The van der Waals surface area contributed by atoms with Crippen molar-refractivity contribution in [3.63, 3.8) is 0 Å². The lowest BCUT2D eigenvalue weighted by Crippen LogP contribution is -1.66. The summed E-state index contributed by atoms with van der Waals surface area (Å²) in [6.45, 7) is 0. The summed E-state index contributed by atoms with van der Waals surface area (Å²) in [6, 6.07) is 0. The molecule has 7 heavy (non-hydrogen) atoms. The molecule has 4 nitrogen and oxygen atoms in total. The highest BCUT2D eigenvalue weighted by Gasteiger charge is 2.15. The number of nitriles is 1. The molecule has 0 aromatic heterocycles. The van der Waals surface area contributed by atoms with Crippen molar-refractivity contribution >= 4 is 8.25 Å². The van der Waals surface area contributed by atoms with Crippen LogP contribution < -0.4 is 0 Å². The first kappa shape index (κ1) is 6.35. The number of hydrogen-bond acceptors (Lipinski definition) is 4. The molecule has 0 bridgehead atoms. The lowest BCUT2D eigenvalue weighted by atomic mass is 11.6. The fourth-order valence-electron chi connectivity index (χ4n) is 0.0706. The summed E-state index contributed by atoms with van der Waals surface area (Å²) in [4.78, 5) is 0. The van der Waals surface area contributed by atoms with Gasteiger partial charge in [-0.3, -0.25) is 0 Å². The van der Waals surface area contributed by atoms with Crippen LogP contribution in [0.3, 0.4) is 0 Å². The van der Waals surface area contributed by atoms with E-state index in [9.17, 15) is 4.57 Å². The van der Waals surface area contributed by atoms with Crippen LogP contribution in [0, 0.1) is 11.5 Å². The Balaban J connectivity index is 3.23. The van der Waals surface area contributed by atoms with Crippen LogP contribution in [-0.2, 0) is 13.6 Å². The van der Waals surface area contributed by atoms with Crippen molar-refractivity contribution in [2.75, 3.05) is 7.11 Å². The van der Waals surface area contributed by atoms with Gasteiger partial charge in [0.25, 0.3) is 0 Å². The van der Waals surface area contributed by atoms with Crippen LogP contribution in [0.5, 0.6) is 0 Å². The summed E-state index contributed by atoms with van der Waals surface area (Å²) >= 11 is 0. The zero-order valence-electron chi connectivity index (χ0n) is 3.62. The van der Waals surface area contributed by atoms with Crippen molar-refractivity contribution in [1.29, 1.82) is 5.26 Å². The lowest BCUT2D eigenvalue weighted by molar-refractivity contribution is 0.334. The van der Waals surface area contributed by atoms with Gasteiger partial charge in [-0.1, -0.05) is 0 Å². The molecule has 0 aromatic rings. The van der Waals surface area contributed by atoms with E-state index in [2.05, 4.69) is 9.05 Å². The molecule has 0 rings (SSSR count). The molecule has 0 saturated heterocycles. The topological polar surface area (TPSA) is 59.3 Å². The first-order valence-corrected chi connectivity index (χ1v) is 2.48. The van der Waals surface area contributed by atoms with Gasteiger partial charge in [0, 0.05) is 4.57 Å². The van der Waals surface area contributed by atoms with Crippen LogP contribution >= 0.6 is 8.25 Å². The zero-order chi connectivity index (χ0) is 5.70. The van der Waals surface area contributed by atoms with E-state index in [4.69, 9.17) is 5.26 Å². The van der Waals surface area contributed by atoms with Crippen LogP contribution in [-0.4, -0.2) is 7.11 Å². The standard InChI is InChI=1S/C2H3NO3P/c1-5-7(4)6-2-3/h1H3/q+1. The van der Waals surface area contributed by atoms with Crippen LogP contribution in [0.25, 0.3) is 0 Å². The summed E-state index contributed by atoms with van der Waals surface area (Å²) in [6.07, 6.45) is 1.21. The van der Waals surface area contributed by atoms with Crippen molar-refractivity contribution in [2.24, 2.45) is 0 Å². The van der Waals surface area contributed by atoms with E-state index in [1.54, 1.807) is 0 Å². The summed E-state index contributed by atoms with van der Waals surface area (Å²) < 4.78 is 17.7. The summed E-state index contributed by atoms with van der Waals surface area (Å²) in [5.41, 5.74) is 0. The molecule has 0 spiro atoms. The van der Waals surface area contributed by atoms with E-state index >= 15 is 0 Å². The van der Waals surface area contributed by atoms with E-state index in [1.807, 2.05) is 0 Å². The second kappa shape index (κ2) is 3.54. The van der Waals surface area contributed by atoms with Gasteiger partial charge in [-0.05, 0) is 0 Å². The van der Waals surface area contributed by atoms with Gasteiger partial charge in [-0.2, -0.15) is 0 Å². The van der Waals surface area contributed by atoms with Crippen molar-refractivity contribution in [1.82, 2.24) is 0 Å². The van der Waals surface area contributed by atoms with Gasteiger partial charge in [0.1, 0.15) is 0 Å². The van der Waals surface area contributed by atoms with Crippen LogP contribution in [0.4, 0.5) is 0 Å². The number of rotatable bonds is 2. The SMILES string of the molecule is CO[P+](=O)OC#N. The Morgan fingerprint density at radius 1 is 1.86 bits per heavy atom. The highest BCUT2D eigenvalue weighted by atomic mass is 31.1. The minimum absolute atomic E-state index is 1.19. The van der Waals surface area contributed by atoms with E-state index < -0.39 is 8.25 Å². The molecular formula is C2H3NO3P+. The van der Waals surface area contributed by atoms with Gasteiger partial charge in [0.2, 0.25) is 0 Å². The fourth-order valence-corrected chi connectivity index (χ4v) is 0.212. The second-order valence-corrected chi connectivity index (χ2v) is 1.58.